The number of halogens is 2. The topological polar surface area (TPSA) is 20.2 Å². The van der Waals surface area contributed by atoms with Gasteiger partial charge in [-0.05, 0) is 29.7 Å². The van der Waals surface area contributed by atoms with Crippen molar-refractivity contribution in [1.82, 2.24) is 0 Å². The first-order valence-electron chi connectivity index (χ1n) is 4.98. The van der Waals surface area contributed by atoms with Crippen LogP contribution in [-0.2, 0) is 0 Å². The molecule has 0 heterocycles. The number of fused-ring (bicyclic) bond motifs is 1. The summed E-state index contributed by atoms with van der Waals surface area (Å²) < 4.78 is 25.9. The highest BCUT2D eigenvalue weighted by molar-refractivity contribution is 5.58. The first-order chi connectivity index (χ1) is 7.13. The normalized spacial score (nSPS) is 24.0. The zero-order valence-electron chi connectivity index (χ0n) is 8.37. The lowest BCUT2D eigenvalue weighted by Crippen LogP contribution is -2.14. The van der Waals surface area contributed by atoms with Crippen molar-refractivity contribution in [3.8, 4) is 0 Å². The van der Waals surface area contributed by atoms with Gasteiger partial charge in [0.1, 0.15) is 0 Å². The Kier molecular flexibility index (Phi) is 2.57. The Morgan fingerprint density at radius 3 is 2.60 bits per heavy atom. The van der Waals surface area contributed by atoms with Crippen LogP contribution < -0.4 is 0 Å². The van der Waals surface area contributed by atoms with Gasteiger partial charge in [-0.15, -0.1) is 0 Å². The highest BCUT2D eigenvalue weighted by Gasteiger charge is 2.24. The second-order valence-corrected chi connectivity index (χ2v) is 3.77. The van der Waals surface area contributed by atoms with Crippen LogP contribution >= 0.6 is 0 Å². The monoisotopic (exact) mass is 210 g/mol. The molecule has 0 fully saturated rings. The fourth-order valence-corrected chi connectivity index (χ4v) is 1.90. The van der Waals surface area contributed by atoms with E-state index < -0.39 is 17.7 Å². The van der Waals surface area contributed by atoms with E-state index in [2.05, 4.69) is 0 Å². The quantitative estimate of drug-likeness (QED) is 0.755. The Hall–Kier alpha value is -1.22. The van der Waals surface area contributed by atoms with Gasteiger partial charge in [-0.3, -0.25) is 0 Å². The maximum atomic E-state index is 13.0. The Labute approximate surface area is 87.1 Å². The van der Waals surface area contributed by atoms with Crippen molar-refractivity contribution in [3.63, 3.8) is 0 Å². The molecule has 0 saturated heterocycles. The summed E-state index contributed by atoms with van der Waals surface area (Å²) in [6.07, 6.45) is 3.62. The number of hydrogen-bond acceptors (Lipinski definition) is 1. The maximum absolute atomic E-state index is 13.0. The SMILES string of the molecule is CC[C@@H]1C=Cc2cc(F)c(F)cc2[C@H]1O. The average Bonchev–Trinajstić information content (AvgIpc) is 2.22. The average molecular weight is 210 g/mol. The Morgan fingerprint density at radius 1 is 1.27 bits per heavy atom. The van der Waals surface area contributed by atoms with Gasteiger partial charge in [0.2, 0.25) is 0 Å². The summed E-state index contributed by atoms with van der Waals surface area (Å²) in [6.45, 7) is 1.95. The standard InChI is InChI=1S/C12H12F2O/c1-2-7-3-4-8-5-10(13)11(14)6-9(8)12(7)15/h3-7,12,15H,2H2,1H3/t7-,12+/m1/s1. The van der Waals surface area contributed by atoms with Crippen LogP contribution in [0.5, 0.6) is 0 Å². The minimum atomic E-state index is -0.905. The maximum Gasteiger partial charge on any atom is 0.159 e. The fourth-order valence-electron chi connectivity index (χ4n) is 1.90. The molecule has 0 unspecified atom stereocenters. The van der Waals surface area contributed by atoms with E-state index in [4.69, 9.17) is 0 Å². The second kappa shape index (κ2) is 3.74. The van der Waals surface area contributed by atoms with Crippen LogP contribution in [0.15, 0.2) is 18.2 Å². The molecular weight excluding hydrogens is 198 g/mol. The van der Waals surface area contributed by atoms with Crippen molar-refractivity contribution in [2.24, 2.45) is 5.92 Å². The Bertz CT molecular complexity index is 412. The van der Waals surface area contributed by atoms with Gasteiger partial charge in [-0.25, -0.2) is 8.78 Å². The summed E-state index contributed by atoms with van der Waals surface area (Å²) in [5, 5.41) is 9.90. The molecule has 1 aliphatic carbocycles. The number of aliphatic hydroxyl groups excluding tert-OH is 1. The first kappa shape index (κ1) is 10.3. The minimum absolute atomic E-state index is 0.0117. The van der Waals surface area contributed by atoms with Gasteiger partial charge < -0.3 is 5.11 Å². The molecule has 0 bridgehead atoms. The summed E-state index contributed by atoms with van der Waals surface area (Å²) in [4.78, 5) is 0. The lowest BCUT2D eigenvalue weighted by Gasteiger charge is -2.24. The van der Waals surface area contributed by atoms with Gasteiger partial charge >= 0.3 is 0 Å². The summed E-state index contributed by atoms with van der Waals surface area (Å²) in [6, 6.07) is 2.21. The predicted molar refractivity (Wildman–Crippen MR) is 54.1 cm³/mol. The van der Waals surface area contributed by atoms with Gasteiger partial charge in [-0.1, -0.05) is 19.1 Å². The zero-order valence-corrected chi connectivity index (χ0v) is 8.37. The lowest BCUT2D eigenvalue weighted by molar-refractivity contribution is 0.127. The molecule has 1 aromatic rings. The van der Waals surface area contributed by atoms with Crippen LogP contribution in [0.2, 0.25) is 0 Å². The van der Waals surface area contributed by atoms with E-state index in [1.54, 1.807) is 6.08 Å². The van der Waals surface area contributed by atoms with Crippen molar-refractivity contribution in [3.05, 3.63) is 41.0 Å². The molecule has 15 heavy (non-hydrogen) atoms. The van der Waals surface area contributed by atoms with Crippen LogP contribution in [0, 0.1) is 17.6 Å². The molecule has 0 radical (unpaired) electrons. The molecule has 1 aliphatic rings. The Morgan fingerprint density at radius 2 is 1.93 bits per heavy atom. The molecule has 0 amide bonds. The van der Waals surface area contributed by atoms with Crippen LogP contribution in [0.3, 0.4) is 0 Å². The van der Waals surface area contributed by atoms with Crippen LogP contribution in [-0.4, -0.2) is 5.11 Å². The van der Waals surface area contributed by atoms with Gasteiger partial charge in [0.05, 0.1) is 6.10 Å². The molecule has 0 aliphatic heterocycles. The van der Waals surface area contributed by atoms with E-state index in [-0.39, 0.29) is 5.92 Å². The molecule has 2 rings (SSSR count). The minimum Gasteiger partial charge on any atom is -0.388 e. The van der Waals surface area contributed by atoms with E-state index in [1.165, 1.54) is 0 Å². The summed E-state index contributed by atoms with van der Waals surface area (Å²) in [7, 11) is 0. The molecule has 2 atom stereocenters. The highest BCUT2D eigenvalue weighted by atomic mass is 19.2. The van der Waals surface area contributed by atoms with E-state index in [0.29, 0.717) is 11.1 Å². The third kappa shape index (κ3) is 1.67. The fraction of sp³-hybridized carbons (Fsp3) is 0.333. The van der Waals surface area contributed by atoms with Gasteiger partial charge in [0.15, 0.2) is 11.6 Å². The van der Waals surface area contributed by atoms with Crippen molar-refractivity contribution in [1.29, 1.82) is 0 Å². The molecule has 1 N–H and O–H groups in total. The molecule has 0 spiro atoms. The molecular formula is C12H12F2O. The molecule has 1 aromatic carbocycles. The second-order valence-electron chi connectivity index (χ2n) is 3.77. The van der Waals surface area contributed by atoms with E-state index in [1.807, 2.05) is 13.0 Å². The smallest absolute Gasteiger partial charge is 0.159 e. The predicted octanol–water partition coefficient (Wildman–Crippen LogP) is 3.05. The highest BCUT2D eigenvalue weighted by Crippen LogP contribution is 2.34. The van der Waals surface area contributed by atoms with E-state index >= 15 is 0 Å². The molecule has 3 heteroatoms. The number of benzene rings is 1. The summed E-state index contributed by atoms with van der Waals surface area (Å²) in [5.41, 5.74) is 1.04. The van der Waals surface area contributed by atoms with Crippen LogP contribution in [0.25, 0.3) is 6.08 Å². The van der Waals surface area contributed by atoms with E-state index in [0.717, 1.165) is 18.6 Å². The third-order valence-corrected chi connectivity index (χ3v) is 2.84. The first-order valence-corrected chi connectivity index (χ1v) is 4.98. The largest absolute Gasteiger partial charge is 0.388 e. The number of hydrogen-bond donors (Lipinski definition) is 1. The number of aliphatic hydroxyl groups is 1. The molecule has 0 aromatic heterocycles. The van der Waals surface area contributed by atoms with E-state index in [9.17, 15) is 13.9 Å². The zero-order chi connectivity index (χ0) is 11.0. The van der Waals surface area contributed by atoms with Gasteiger partial charge in [-0.2, -0.15) is 0 Å². The molecule has 0 saturated carbocycles. The van der Waals surface area contributed by atoms with Crippen molar-refractivity contribution in [2.75, 3.05) is 0 Å². The van der Waals surface area contributed by atoms with Gasteiger partial charge in [0.25, 0.3) is 0 Å². The van der Waals surface area contributed by atoms with Crippen LogP contribution in [0.1, 0.15) is 30.6 Å². The van der Waals surface area contributed by atoms with Crippen molar-refractivity contribution >= 4 is 6.08 Å². The molecule has 80 valence electrons. The van der Waals surface area contributed by atoms with Gasteiger partial charge in [0, 0.05) is 5.92 Å². The summed E-state index contributed by atoms with van der Waals surface area (Å²) in [5.74, 6) is -1.79. The lowest BCUT2D eigenvalue weighted by atomic mass is 9.85. The third-order valence-electron chi connectivity index (χ3n) is 2.84. The van der Waals surface area contributed by atoms with Crippen molar-refractivity contribution < 1.29 is 13.9 Å². The van der Waals surface area contributed by atoms with Crippen LogP contribution in [0.4, 0.5) is 8.78 Å². The Balaban J connectivity index is 2.50. The molecule has 1 nitrogen and oxygen atoms in total. The summed E-state index contributed by atoms with van der Waals surface area (Å²) >= 11 is 0. The van der Waals surface area contributed by atoms with Crippen molar-refractivity contribution in [2.45, 2.75) is 19.4 Å². The number of rotatable bonds is 1.